The molecule has 3 aromatic rings. The van der Waals surface area contributed by atoms with Crippen LogP contribution in [-0.2, 0) is 14.4 Å². The summed E-state index contributed by atoms with van der Waals surface area (Å²) in [7, 11) is 0. The summed E-state index contributed by atoms with van der Waals surface area (Å²) < 4.78 is 19.0. The Labute approximate surface area is 195 Å². The Bertz CT molecular complexity index is 1270. The monoisotopic (exact) mass is 459 g/mol. The van der Waals surface area contributed by atoms with Gasteiger partial charge in [-0.1, -0.05) is 12.1 Å². The van der Waals surface area contributed by atoms with Crippen molar-refractivity contribution in [2.24, 2.45) is 0 Å². The van der Waals surface area contributed by atoms with Gasteiger partial charge >= 0.3 is 0 Å². The van der Waals surface area contributed by atoms with E-state index in [1.165, 1.54) is 31.2 Å². The first-order chi connectivity index (χ1) is 16.4. The number of anilines is 3. The molecule has 172 valence electrons. The van der Waals surface area contributed by atoms with Crippen molar-refractivity contribution < 1.29 is 23.5 Å². The Balaban J connectivity index is 1.71. The van der Waals surface area contributed by atoms with Gasteiger partial charge in [0.1, 0.15) is 17.3 Å². The van der Waals surface area contributed by atoms with E-state index in [2.05, 4.69) is 10.6 Å². The minimum atomic E-state index is -0.550. The minimum absolute atomic E-state index is 0.0757. The van der Waals surface area contributed by atoms with Crippen LogP contribution in [0.5, 0.6) is 5.75 Å². The number of benzene rings is 3. The zero-order valence-corrected chi connectivity index (χ0v) is 18.6. The first-order valence-corrected chi connectivity index (χ1v) is 10.6. The number of ether oxygens (including phenoxy) is 1. The first kappa shape index (κ1) is 22.7. The average Bonchev–Trinajstić information content (AvgIpc) is 3.05. The van der Waals surface area contributed by atoms with E-state index < -0.39 is 17.6 Å². The van der Waals surface area contributed by atoms with Crippen molar-refractivity contribution >= 4 is 40.4 Å². The molecular weight excluding hydrogens is 437 g/mol. The maximum absolute atomic E-state index is 13.5. The topological polar surface area (TPSA) is 87.7 Å². The SMILES string of the molecule is CCOc1ccc(NC2=C(c3ccc(F)cc3)C(=O)N(c3ccc(NC(C)=O)cc3)C2=O)cc1. The van der Waals surface area contributed by atoms with Crippen LogP contribution < -0.4 is 20.3 Å². The van der Waals surface area contributed by atoms with Gasteiger partial charge < -0.3 is 15.4 Å². The molecule has 3 aromatic carbocycles. The van der Waals surface area contributed by atoms with Crippen LogP contribution in [0.1, 0.15) is 19.4 Å². The molecule has 0 saturated carbocycles. The summed E-state index contributed by atoms with van der Waals surface area (Å²) in [5.41, 5.74) is 2.08. The second-order valence-corrected chi connectivity index (χ2v) is 7.51. The van der Waals surface area contributed by atoms with Crippen molar-refractivity contribution in [1.29, 1.82) is 0 Å². The zero-order chi connectivity index (χ0) is 24.2. The Morgan fingerprint density at radius 3 is 2.09 bits per heavy atom. The Kier molecular flexibility index (Phi) is 6.40. The van der Waals surface area contributed by atoms with Gasteiger partial charge in [-0.15, -0.1) is 0 Å². The summed E-state index contributed by atoms with van der Waals surface area (Å²) in [6.07, 6.45) is 0. The number of hydrogen-bond donors (Lipinski definition) is 2. The number of hydrogen-bond acceptors (Lipinski definition) is 5. The number of imide groups is 1. The molecule has 8 heteroatoms. The predicted octanol–water partition coefficient (Wildman–Crippen LogP) is 4.58. The van der Waals surface area contributed by atoms with Crippen molar-refractivity contribution in [1.82, 2.24) is 0 Å². The van der Waals surface area contributed by atoms with E-state index in [9.17, 15) is 18.8 Å². The third-order valence-electron chi connectivity index (χ3n) is 5.10. The van der Waals surface area contributed by atoms with Gasteiger partial charge in [-0.05, 0) is 73.2 Å². The largest absolute Gasteiger partial charge is 0.494 e. The van der Waals surface area contributed by atoms with Crippen LogP contribution in [0.3, 0.4) is 0 Å². The maximum atomic E-state index is 13.5. The van der Waals surface area contributed by atoms with E-state index >= 15 is 0 Å². The molecule has 1 aliphatic heterocycles. The van der Waals surface area contributed by atoms with E-state index in [1.807, 2.05) is 6.92 Å². The molecule has 0 bridgehead atoms. The van der Waals surface area contributed by atoms with Crippen molar-refractivity contribution in [3.05, 3.63) is 89.9 Å². The predicted molar refractivity (Wildman–Crippen MR) is 128 cm³/mol. The lowest BCUT2D eigenvalue weighted by molar-refractivity contribution is -0.120. The molecule has 34 heavy (non-hydrogen) atoms. The molecule has 0 unspecified atom stereocenters. The number of nitrogens with one attached hydrogen (secondary N) is 2. The molecule has 0 aromatic heterocycles. The van der Waals surface area contributed by atoms with Crippen molar-refractivity contribution in [2.45, 2.75) is 13.8 Å². The van der Waals surface area contributed by atoms with Gasteiger partial charge in [0, 0.05) is 18.3 Å². The Morgan fingerprint density at radius 2 is 1.50 bits per heavy atom. The number of halogens is 1. The minimum Gasteiger partial charge on any atom is -0.494 e. The van der Waals surface area contributed by atoms with Crippen molar-refractivity contribution in [3.63, 3.8) is 0 Å². The fraction of sp³-hybridized carbons (Fsp3) is 0.115. The highest BCUT2D eigenvalue weighted by Crippen LogP contribution is 2.34. The van der Waals surface area contributed by atoms with Gasteiger partial charge in [-0.2, -0.15) is 0 Å². The number of nitrogens with zero attached hydrogens (tertiary/aromatic N) is 1. The lowest BCUT2D eigenvalue weighted by atomic mass is 10.0. The average molecular weight is 459 g/mol. The smallest absolute Gasteiger partial charge is 0.282 e. The van der Waals surface area contributed by atoms with Crippen LogP contribution in [0, 0.1) is 5.82 Å². The van der Waals surface area contributed by atoms with Crippen LogP contribution in [0.4, 0.5) is 21.5 Å². The van der Waals surface area contributed by atoms with E-state index in [1.54, 1.807) is 48.5 Å². The van der Waals surface area contributed by atoms with Crippen LogP contribution in [-0.4, -0.2) is 24.3 Å². The van der Waals surface area contributed by atoms with Crippen molar-refractivity contribution in [2.75, 3.05) is 22.1 Å². The molecule has 0 spiro atoms. The van der Waals surface area contributed by atoms with E-state index in [0.29, 0.717) is 35.0 Å². The quantitative estimate of drug-likeness (QED) is 0.505. The molecule has 0 atom stereocenters. The second kappa shape index (κ2) is 9.58. The summed E-state index contributed by atoms with van der Waals surface area (Å²) in [4.78, 5) is 39.2. The summed E-state index contributed by atoms with van der Waals surface area (Å²) >= 11 is 0. The van der Waals surface area contributed by atoms with Crippen LogP contribution >= 0.6 is 0 Å². The zero-order valence-electron chi connectivity index (χ0n) is 18.6. The molecule has 3 amide bonds. The van der Waals surface area contributed by atoms with Gasteiger partial charge in [-0.3, -0.25) is 14.4 Å². The summed E-state index contributed by atoms with van der Waals surface area (Å²) in [6.45, 7) is 3.79. The van der Waals surface area contributed by atoms with Gasteiger partial charge in [0.2, 0.25) is 5.91 Å². The summed E-state index contributed by atoms with van der Waals surface area (Å²) in [5.74, 6) is -1.10. The molecule has 0 radical (unpaired) electrons. The molecule has 7 nitrogen and oxygen atoms in total. The fourth-order valence-corrected chi connectivity index (χ4v) is 3.61. The highest BCUT2D eigenvalue weighted by molar-refractivity contribution is 6.46. The number of carbonyl (C=O) groups excluding carboxylic acids is 3. The number of carbonyl (C=O) groups is 3. The molecule has 1 heterocycles. The van der Waals surface area contributed by atoms with E-state index in [4.69, 9.17) is 4.74 Å². The molecular formula is C26H22FN3O4. The van der Waals surface area contributed by atoms with Gasteiger partial charge in [0.05, 0.1) is 17.9 Å². The third kappa shape index (κ3) is 4.66. The van der Waals surface area contributed by atoms with Crippen LogP contribution in [0.2, 0.25) is 0 Å². The Morgan fingerprint density at radius 1 is 0.882 bits per heavy atom. The van der Waals surface area contributed by atoms with Crippen molar-refractivity contribution in [3.8, 4) is 5.75 Å². The third-order valence-corrected chi connectivity index (χ3v) is 5.10. The van der Waals surface area contributed by atoms with Gasteiger partial charge in [0.15, 0.2) is 0 Å². The Hall–Kier alpha value is -4.46. The van der Waals surface area contributed by atoms with Gasteiger partial charge in [0.25, 0.3) is 11.8 Å². The molecule has 4 rings (SSSR count). The molecule has 0 aliphatic carbocycles. The van der Waals surface area contributed by atoms with E-state index in [-0.39, 0.29) is 17.2 Å². The lowest BCUT2D eigenvalue weighted by Gasteiger charge is -2.16. The standard InChI is InChI=1S/C26H22FN3O4/c1-3-34-22-14-10-20(11-15-22)29-24-23(17-4-6-18(27)7-5-17)25(32)30(26(24)33)21-12-8-19(9-13-21)28-16(2)31/h4-15,29H,3H2,1-2H3,(H,28,31). The van der Waals surface area contributed by atoms with Crippen LogP contribution in [0.15, 0.2) is 78.5 Å². The van der Waals surface area contributed by atoms with Gasteiger partial charge in [-0.25, -0.2) is 9.29 Å². The van der Waals surface area contributed by atoms with E-state index in [0.717, 1.165) is 4.90 Å². The fourth-order valence-electron chi connectivity index (χ4n) is 3.61. The maximum Gasteiger partial charge on any atom is 0.282 e. The molecule has 0 fully saturated rings. The lowest BCUT2D eigenvalue weighted by Crippen LogP contribution is -2.32. The van der Waals surface area contributed by atoms with Crippen LogP contribution in [0.25, 0.3) is 5.57 Å². The first-order valence-electron chi connectivity index (χ1n) is 10.6. The highest BCUT2D eigenvalue weighted by atomic mass is 19.1. The molecule has 2 N–H and O–H groups in total. The molecule has 0 saturated heterocycles. The highest BCUT2D eigenvalue weighted by Gasteiger charge is 2.40. The summed E-state index contributed by atoms with van der Waals surface area (Å²) in [5, 5.41) is 5.70. The second-order valence-electron chi connectivity index (χ2n) is 7.51. The summed E-state index contributed by atoms with van der Waals surface area (Å²) in [6, 6.07) is 18.7. The number of amides is 3. The molecule has 1 aliphatic rings. The normalized spacial score (nSPS) is 13.3. The number of rotatable bonds is 7.